The largest absolute Gasteiger partial charge is 0.337 e. The molecule has 1 aliphatic carbocycles. The maximum Gasteiger partial charge on any atom is 0.315 e. The summed E-state index contributed by atoms with van der Waals surface area (Å²) in [5, 5.41) is 5.60. The summed E-state index contributed by atoms with van der Waals surface area (Å²) in [4.78, 5) is 11.3. The molecule has 2 amide bonds. The van der Waals surface area contributed by atoms with Gasteiger partial charge in [0.25, 0.3) is 0 Å². The van der Waals surface area contributed by atoms with Crippen molar-refractivity contribution in [2.45, 2.75) is 37.1 Å². The molecule has 0 spiro atoms. The van der Waals surface area contributed by atoms with Crippen LogP contribution in [0.4, 0.5) is 4.79 Å². The van der Waals surface area contributed by atoms with Crippen molar-refractivity contribution in [1.82, 2.24) is 10.6 Å². The zero-order valence-corrected chi connectivity index (χ0v) is 9.57. The van der Waals surface area contributed by atoms with Gasteiger partial charge in [-0.1, -0.05) is 12.8 Å². The third-order valence-corrected chi connectivity index (χ3v) is 3.09. The van der Waals surface area contributed by atoms with Gasteiger partial charge >= 0.3 is 6.03 Å². The van der Waals surface area contributed by atoms with Crippen molar-refractivity contribution in [2.24, 2.45) is 0 Å². The summed E-state index contributed by atoms with van der Waals surface area (Å²) in [7, 11) is 0. The Morgan fingerprint density at radius 2 is 2.07 bits per heavy atom. The zero-order chi connectivity index (χ0) is 10.4. The Bertz CT molecular complexity index is 190. The van der Waals surface area contributed by atoms with E-state index in [4.69, 9.17) is 23.2 Å². The van der Waals surface area contributed by atoms with Crippen molar-refractivity contribution >= 4 is 29.2 Å². The fraction of sp³-hybridized carbons (Fsp3) is 0.889. The third-order valence-electron chi connectivity index (χ3n) is 2.38. The lowest BCUT2D eigenvalue weighted by Gasteiger charge is -2.27. The second-order valence-corrected chi connectivity index (χ2v) is 4.43. The van der Waals surface area contributed by atoms with Crippen LogP contribution in [0.25, 0.3) is 0 Å². The number of halogens is 2. The van der Waals surface area contributed by atoms with E-state index in [1.54, 1.807) is 0 Å². The minimum absolute atomic E-state index is 0.0745. The minimum Gasteiger partial charge on any atom is -0.337 e. The van der Waals surface area contributed by atoms with Gasteiger partial charge in [-0.25, -0.2) is 4.79 Å². The number of amides is 2. The molecule has 0 aromatic rings. The Labute approximate surface area is 94.5 Å². The molecule has 1 aliphatic rings. The molecule has 0 aliphatic heterocycles. The number of hydrogen-bond donors (Lipinski definition) is 2. The van der Waals surface area contributed by atoms with Gasteiger partial charge in [0.15, 0.2) is 0 Å². The first-order chi connectivity index (χ1) is 6.74. The normalized spacial score (nSPS) is 27.0. The summed E-state index contributed by atoms with van der Waals surface area (Å²) < 4.78 is 0. The van der Waals surface area contributed by atoms with Crippen molar-refractivity contribution in [3.05, 3.63) is 0 Å². The summed E-state index contributed by atoms with van der Waals surface area (Å²) in [5.41, 5.74) is 0. The van der Waals surface area contributed by atoms with Gasteiger partial charge in [0.05, 0.1) is 5.38 Å². The van der Waals surface area contributed by atoms with Gasteiger partial charge in [-0.15, -0.1) is 23.2 Å². The number of urea groups is 1. The first kappa shape index (κ1) is 11.9. The van der Waals surface area contributed by atoms with Gasteiger partial charge in [0.2, 0.25) is 0 Å². The Morgan fingerprint density at radius 3 is 2.71 bits per heavy atom. The van der Waals surface area contributed by atoms with Gasteiger partial charge < -0.3 is 10.6 Å². The first-order valence-corrected chi connectivity index (χ1v) is 5.95. The fourth-order valence-electron chi connectivity index (χ4n) is 1.63. The van der Waals surface area contributed by atoms with E-state index >= 15 is 0 Å². The standard InChI is InChI=1S/C9H16Cl2N2O/c10-5-6-12-9(14)13-8-4-2-1-3-7(8)11/h7-8H,1-6H2,(H2,12,13,14)/t7-,8-/m1/s1. The monoisotopic (exact) mass is 238 g/mol. The average Bonchev–Trinajstić information content (AvgIpc) is 2.18. The molecule has 1 fully saturated rings. The quantitative estimate of drug-likeness (QED) is 0.727. The number of nitrogens with one attached hydrogen (secondary N) is 2. The highest BCUT2D eigenvalue weighted by Gasteiger charge is 2.24. The van der Waals surface area contributed by atoms with Gasteiger partial charge in [-0.3, -0.25) is 0 Å². The first-order valence-electron chi connectivity index (χ1n) is 4.98. The molecule has 0 heterocycles. The molecule has 5 heteroatoms. The Hall–Kier alpha value is -0.150. The molecule has 82 valence electrons. The van der Waals surface area contributed by atoms with Crippen molar-refractivity contribution < 1.29 is 4.79 Å². The van der Waals surface area contributed by atoms with Gasteiger partial charge in [-0.2, -0.15) is 0 Å². The predicted octanol–water partition coefficient (Wildman–Crippen LogP) is 2.07. The lowest BCUT2D eigenvalue weighted by Crippen LogP contribution is -2.47. The fourth-order valence-corrected chi connectivity index (χ4v) is 2.07. The van der Waals surface area contributed by atoms with Gasteiger partial charge in [-0.05, 0) is 12.8 Å². The van der Waals surface area contributed by atoms with Crippen LogP contribution in [0.15, 0.2) is 0 Å². The van der Waals surface area contributed by atoms with Crippen LogP contribution in [0.1, 0.15) is 25.7 Å². The highest BCUT2D eigenvalue weighted by atomic mass is 35.5. The van der Waals surface area contributed by atoms with E-state index in [1.807, 2.05) is 0 Å². The molecule has 0 radical (unpaired) electrons. The Morgan fingerprint density at radius 1 is 1.36 bits per heavy atom. The summed E-state index contributed by atoms with van der Waals surface area (Å²) in [6.07, 6.45) is 4.27. The molecule has 0 aromatic carbocycles. The van der Waals surface area contributed by atoms with E-state index < -0.39 is 0 Å². The second kappa shape index (κ2) is 6.36. The number of alkyl halides is 2. The Balaban J connectivity index is 2.23. The number of carbonyl (C=O) groups is 1. The van der Waals surface area contributed by atoms with Crippen LogP contribution in [0, 0.1) is 0 Å². The molecular formula is C9H16Cl2N2O. The molecule has 3 nitrogen and oxygen atoms in total. The van der Waals surface area contributed by atoms with Crippen LogP contribution in [-0.4, -0.2) is 29.9 Å². The van der Waals surface area contributed by atoms with Crippen molar-refractivity contribution in [2.75, 3.05) is 12.4 Å². The van der Waals surface area contributed by atoms with Gasteiger partial charge in [0.1, 0.15) is 0 Å². The van der Waals surface area contributed by atoms with E-state index in [0.717, 1.165) is 25.7 Å². The summed E-state index contributed by atoms with van der Waals surface area (Å²) in [5.74, 6) is 0.433. The van der Waals surface area contributed by atoms with Crippen LogP contribution in [0.2, 0.25) is 0 Å². The SMILES string of the molecule is O=C(NCCCl)N[C@@H]1CCCC[C@H]1Cl. The molecule has 1 saturated carbocycles. The number of carbonyl (C=O) groups excluding carboxylic acids is 1. The average molecular weight is 239 g/mol. The highest BCUT2D eigenvalue weighted by molar-refractivity contribution is 6.21. The molecule has 2 N–H and O–H groups in total. The third kappa shape index (κ3) is 3.93. The van der Waals surface area contributed by atoms with Crippen LogP contribution in [-0.2, 0) is 0 Å². The summed E-state index contributed by atoms with van der Waals surface area (Å²) in [6, 6.07) is -0.0519. The van der Waals surface area contributed by atoms with Crippen molar-refractivity contribution in [3.63, 3.8) is 0 Å². The molecular weight excluding hydrogens is 223 g/mol. The van der Waals surface area contributed by atoms with Crippen molar-refractivity contribution in [1.29, 1.82) is 0 Å². The van der Waals surface area contributed by atoms with E-state index in [0.29, 0.717) is 12.4 Å². The van der Waals surface area contributed by atoms with Crippen LogP contribution in [0.3, 0.4) is 0 Å². The highest BCUT2D eigenvalue weighted by Crippen LogP contribution is 2.22. The van der Waals surface area contributed by atoms with Gasteiger partial charge in [0, 0.05) is 18.5 Å². The molecule has 0 unspecified atom stereocenters. The lowest BCUT2D eigenvalue weighted by molar-refractivity contribution is 0.233. The smallest absolute Gasteiger partial charge is 0.315 e. The minimum atomic E-state index is -0.164. The zero-order valence-electron chi connectivity index (χ0n) is 8.06. The van der Waals surface area contributed by atoms with Crippen LogP contribution < -0.4 is 10.6 Å². The van der Waals surface area contributed by atoms with E-state index in [2.05, 4.69) is 10.6 Å². The second-order valence-electron chi connectivity index (χ2n) is 3.50. The van der Waals surface area contributed by atoms with E-state index in [9.17, 15) is 4.79 Å². The molecule has 14 heavy (non-hydrogen) atoms. The van der Waals surface area contributed by atoms with E-state index in [-0.39, 0.29) is 17.5 Å². The molecule has 0 saturated heterocycles. The predicted molar refractivity (Wildman–Crippen MR) is 59.2 cm³/mol. The summed E-state index contributed by atoms with van der Waals surface area (Å²) in [6.45, 7) is 0.493. The number of rotatable bonds is 3. The van der Waals surface area contributed by atoms with E-state index in [1.165, 1.54) is 0 Å². The maximum atomic E-state index is 11.3. The topological polar surface area (TPSA) is 41.1 Å². The maximum absolute atomic E-state index is 11.3. The molecule has 2 atom stereocenters. The molecule has 0 aromatic heterocycles. The van der Waals surface area contributed by atoms with Crippen LogP contribution in [0.5, 0.6) is 0 Å². The van der Waals surface area contributed by atoms with Crippen LogP contribution >= 0.6 is 23.2 Å². The lowest BCUT2D eigenvalue weighted by atomic mass is 9.95. The molecule has 1 rings (SSSR count). The number of hydrogen-bond acceptors (Lipinski definition) is 1. The summed E-state index contributed by atoms with van der Waals surface area (Å²) >= 11 is 11.5. The Kier molecular flexibility index (Phi) is 5.41. The van der Waals surface area contributed by atoms with Crippen molar-refractivity contribution in [3.8, 4) is 0 Å². The molecule has 0 bridgehead atoms.